The molecule has 0 amide bonds. The number of nitrogens with zero attached hydrogens (tertiary/aromatic N) is 1. The Morgan fingerprint density at radius 2 is 1.19 bits per heavy atom. The predicted octanol–water partition coefficient (Wildman–Crippen LogP) is 16.5. The van der Waals surface area contributed by atoms with E-state index in [2.05, 4.69) is 212 Å². The Balaban J connectivity index is 1.08. The molecule has 59 heavy (non-hydrogen) atoms. The summed E-state index contributed by atoms with van der Waals surface area (Å²) in [6.45, 7) is 4.06. The number of rotatable bonds is 8. The lowest BCUT2D eigenvalue weighted by Gasteiger charge is -2.27. The highest BCUT2D eigenvalue weighted by Gasteiger charge is 2.18. The van der Waals surface area contributed by atoms with Gasteiger partial charge >= 0.3 is 0 Å². The zero-order valence-corrected chi connectivity index (χ0v) is 33.0. The van der Waals surface area contributed by atoms with Crippen molar-refractivity contribution in [3.8, 4) is 22.3 Å². The van der Waals surface area contributed by atoms with Crippen molar-refractivity contribution in [1.82, 2.24) is 0 Å². The standard InChI is InChI=1S/C56H37NOS/c1-2-3-18-44(32-37-26-31-53-51(33-37)52-35-40-14-4-5-15-41(40)36-54(52)58-53)57(45-19-10-17-42(34-45)47-22-11-16-38-13-6-7-20-46(38)47)43-29-27-39(28-30-43)48-23-12-24-50-49-21-8-9-25-55(49)59-56(48)50/h2-36H,1H2/b18-3-,44-32-. The third kappa shape index (κ3) is 6.20. The van der Waals surface area contributed by atoms with Gasteiger partial charge in [0.25, 0.3) is 0 Å². The first-order chi connectivity index (χ1) is 29.2. The normalized spacial score (nSPS) is 12.2. The van der Waals surface area contributed by atoms with Crippen LogP contribution in [0.1, 0.15) is 5.56 Å². The summed E-state index contributed by atoms with van der Waals surface area (Å²) in [4.78, 5) is 2.35. The van der Waals surface area contributed by atoms with E-state index >= 15 is 0 Å². The maximum Gasteiger partial charge on any atom is 0.136 e. The van der Waals surface area contributed by atoms with Crippen molar-refractivity contribution in [2.75, 3.05) is 4.90 Å². The first-order valence-electron chi connectivity index (χ1n) is 19.9. The van der Waals surface area contributed by atoms with Gasteiger partial charge in [-0.05, 0) is 116 Å². The number of thiophene rings is 1. The molecule has 11 rings (SSSR count). The fourth-order valence-electron chi connectivity index (χ4n) is 8.60. The fourth-order valence-corrected chi connectivity index (χ4v) is 9.83. The topological polar surface area (TPSA) is 16.4 Å². The number of benzene rings is 9. The van der Waals surface area contributed by atoms with Crippen LogP contribution < -0.4 is 4.90 Å². The molecule has 0 atom stereocenters. The average molecular weight is 772 g/mol. The molecular weight excluding hydrogens is 735 g/mol. The smallest absolute Gasteiger partial charge is 0.136 e. The summed E-state index contributed by atoms with van der Waals surface area (Å²) in [5.41, 5.74) is 10.7. The van der Waals surface area contributed by atoms with E-state index in [4.69, 9.17) is 4.42 Å². The molecule has 0 bridgehead atoms. The Bertz CT molecular complexity index is 3470. The first-order valence-corrected chi connectivity index (χ1v) is 20.8. The second-order valence-electron chi connectivity index (χ2n) is 15.0. The van der Waals surface area contributed by atoms with Crippen LogP contribution in [0.5, 0.6) is 0 Å². The monoisotopic (exact) mass is 771 g/mol. The quantitative estimate of drug-likeness (QED) is 0.143. The zero-order chi connectivity index (χ0) is 39.3. The van der Waals surface area contributed by atoms with E-state index in [1.165, 1.54) is 58.4 Å². The maximum atomic E-state index is 6.39. The molecule has 0 spiro atoms. The van der Waals surface area contributed by atoms with E-state index in [-0.39, 0.29) is 0 Å². The SMILES string of the molecule is C=C/C=C\C(=C\c1ccc2oc3cc4ccccc4cc3c2c1)N(c1ccc(-c2cccc3c2sc2ccccc23)cc1)c1cccc(-c2cccc3ccccc23)c1. The van der Waals surface area contributed by atoms with Crippen LogP contribution in [0.4, 0.5) is 11.4 Å². The third-order valence-corrected chi connectivity index (χ3v) is 12.6. The number of hydrogen-bond donors (Lipinski definition) is 0. The molecule has 0 aliphatic heterocycles. The highest BCUT2D eigenvalue weighted by molar-refractivity contribution is 7.26. The molecule has 2 nitrogen and oxygen atoms in total. The van der Waals surface area contributed by atoms with Crippen LogP contribution in [0.25, 0.3) is 92.0 Å². The van der Waals surface area contributed by atoms with Crippen molar-refractivity contribution in [3.63, 3.8) is 0 Å². The molecule has 2 aromatic heterocycles. The Kier molecular flexibility index (Phi) is 8.53. The zero-order valence-electron chi connectivity index (χ0n) is 32.2. The van der Waals surface area contributed by atoms with Crippen molar-refractivity contribution in [3.05, 3.63) is 224 Å². The lowest BCUT2D eigenvalue weighted by Crippen LogP contribution is -2.15. The van der Waals surface area contributed by atoms with Crippen LogP contribution in [0.15, 0.2) is 223 Å². The summed E-state index contributed by atoms with van der Waals surface area (Å²) in [6.07, 6.45) is 8.26. The van der Waals surface area contributed by atoms with Crippen LogP contribution in [0.3, 0.4) is 0 Å². The van der Waals surface area contributed by atoms with Crippen molar-refractivity contribution in [2.24, 2.45) is 0 Å². The molecule has 2 heterocycles. The fraction of sp³-hybridized carbons (Fsp3) is 0. The lowest BCUT2D eigenvalue weighted by molar-refractivity contribution is 0.669. The highest BCUT2D eigenvalue weighted by atomic mass is 32.1. The molecule has 0 N–H and O–H groups in total. The van der Waals surface area contributed by atoms with E-state index in [1.54, 1.807) is 0 Å². The van der Waals surface area contributed by atoms with Gasteiger partial charge in [-0.25, -0.2) is 0 Å². The van der Waals surface area contributed by atoms with Crippen LogP contribution in [-0.4, -0.2) is 0 Å². The van der Waals surface area contributed by atoms with Gasteiger partial charge in [0.1, 0.15) is 11.2 Å². The number of furan rings is 1. The van der Waals surface area contributed by atoms with Gasteiger partial charge in [-0.1, -0.05) is 152 Å². The van der Waals surface area contributed by atoms with Crippen molar-refractivity contribution < 1.29 is 4.42 Å². The molecular formula is C56H37NOS. The molecule has 9 aromatic carbocycles. The Labute approximate surface area is 346 Å². The van der Waals surface area contributed by atoms with Gasteiger partial charge in [0.2, 0.25) is 0 Å². The Hall–Kier alpha value is -7.46. The maximum absolute atomic E-state index is 6.39. The summed E-state index contributed by atoms with van der Waals surface area (Å²) in [5.74, 6) is 0. The van der Waals surface area contributed by atoms with Gasteiger partial charge < -0.3 is 9.32 Å². The summed E-state index contributed by atoms with van der Waals surface area (Å²) in [6, 6.07) is 67.8. The molecule has 0 unspecified atom stereocenters. The van der Waals surface area contributed by atoms with Crippen LogP contribution >= 0.6 is 11.3 Å². The van der Waals surface area contributed by atoms with E-state index in [9.17, 15) is 0 Å². The first kappa shape index (κ1) is 34.8. The van der Waals surface area contributed by atoms with Gasteiger partial charge in [-0.3, -0.25) is 0 Å². The molecule has 0 aliphatic rings. The van der Waals surface area contributed by atoms with Gasteiger partial charge in [0.05, 0.1) is 0 Å². The van der Waals surface area contributed by atoms with Gasteiger partial charge in [-0.15, -0.1) is 11.3 Å². The minimum Gasteiger partial charge on any atom is -0.456 e. The van der Waals surface area contributed by atoms with E-state index in [0.29, 0.717) is 0 Å². The molecule has 0 radical (unpaired) electrons. The van der Waals surface area contributed by atoms with Crippen LogP contribution in [0, 0.1) is 0 Å². The molecule has 0 saturated heterocycles. The van der Waals surface area contributed by atoms with Crippen molar-refractivity contribution >= 4 is 92.4 Å². The van der Waals surface area contributed by atoms with E-state index in [1.807, 2.05) is 23.5 Å². The molecule has 278 valence electrons. The summed E-state index contributed by atoms with van der Waals surface area (Å²) in [5, 5.41) is 9.63. The van der Waals surface area contributed by atoms with Gasteiger partial charge in [0.15, 0.2) is 0 Å². The highest BCUT2D eigenvalue weighted by Crippen LogP contribution is 2.42. The largest absolute Gasteiger partial charge is 0.456 e. The predicted molar refractivity (Wildman–Crippen MR) is 255 cm³/mol. The second-order valence-corrected chi connectivity index (χ2v) is 16.0. The molecule has 0 saturated carbocycles. The second kappa shape index (κ2) is 14.5. The lowest BCUT2D eigenvalue weighted by atomic mass is 9.97. The van der Waals surface area contributed by atoms with Gasteiger partial charge in [0, 0.05) is 48.0 Å². The minimum atomic E-state index is 0.875. The minimum absolute atomic E-state index is 0.875. The summed E-state index contributed by atoms with van der Waals surface area (Å²) < 4.78 is 9.01. The third-order valence-electron chi connectivity index (χ3n) is 11.4. The Morgan fingerprint density at radius 3 is 2.05 bits per heavy atom. The molecule has 11 aromatic rings. The van der Waals surface area contributed by atoms with Crippen molar-refractivity contribution in [1.29, 1.82) is 0 Å². The molecule has 0 fully saturated rings. The number of anilines is 2. The number of hydrogen-bond acceptors (Lipinski definition) is 3. The van der Waals surface area contributed by atoms with E-state index < -0.39 is 0 Å². The molecule has 0 aliphatic carbocycles. The number of fused-ring (bicyclic) bond motifs is 8. The van der Waals surface area contributed by atoms with E-state index in [0.717, 1.165) is 50.1 Å². The summed E-state index contributed by atoms with van der Waals surface area (Å²) >= 11 is 1.86. The van der Waals surface area contributed by atoms with Crippen molar-refractivity contribution in [2.45, 2.75) is 0 Å². The molecule has 3 heteroatoms. The Morgan fingerprint density at radius 1 is 0.492 bits per heavy atom. The van der Waals surface area contributed by atoms with Crippen LogP contribution in [0.2, 0.25) is 0 Å². The van der Waals surface area contributed by atoms with Gasteiger partial charge in [-0.2, -0.15) is 0 Å². The summed E-state index contributed by atoms with van der Waals surface area (Å²) in [7, 11) is 0. The number of allylic oxidation sites excluding steroid dienone is 3. The average Bonchev–Trinajstić information content (AvgIpc) is 3.85. The van der Waals surface area contributed by atoms with Crippen LogP contribution in [-0.2, 0) is 0 Å².